The van der Waals surface area contributed by atoms with Crippen LogP contribution in [0, 0.1) is 0 Å². The summed E-state index contributed by atoms with van der Waals surface area (Å²) in [5.74, 6) is 1.30. The van der Waals surface area contributed by atoms with Gasteiger partial charge in [-0.15, -0.1) is 0 Å². The fourth-order valence-electron chi connectivity index (χ4n) is 2.17. The molecule has 0 aromatic rings. The van der Waals surface area contributed by atoms with E-state index >= 15 is 0 Å². The Labute approximate surface area is 106 Å². The Kier molecular flexibility index (Phi) is 8.34. The molecule has 0 unspecified atom stereocenters. The molecule has 0 aromatic carbocycles. The molecule has 1 saturated carbocycles. The molecule has 1 aliphatic carbocycles. The zero-order valence-corrected chi connectivity index (χ0v) is 11.8. The molecule has 0 bridgehead atoms. The van der Waals surface area contributed by atoms with Gasteiger partial charge in [-0.2, -0.15) is 11.8 Å². The first-order valence-corrected chi connectivity index (χ1v) is 7.81. The standard InChI is InChI=1S/C13H28N2S/c1-15(2)11-6-9-14-10-12-16-13-7-4-3-5-8-13/h13-14H,3-12H2,1-2H3. The minimum absolute atomic E-state index is 0.970. The van der Waals surface area contributed by atoms with E-state index < -0.39 is 0 Å². The Hall–Kier alpha value is 0.270. The molecule has 1 rings (SSSR count). The summed E-state index contributed by atoms with van der Waals surface area (Å²) in [6.45, 7) is 3.56. The van der Waals surface area contributed by atoms with Crippen molar-refractivity contribution in [3.05, 3.63) is 0 Å². The highest BCUT2D eigenvalue weighted by Gasteiger charge is 2.12. The summed E-state index contributed by atoms with van der Waals surface area (Å²) in [7, 11) is 4.28. The van der Waals surface area contributed by atoms with Gasteiger partial charge in [-0.25, -0.2) is 0 Å². The molecule has 0 radical (unpaired) electrons. The van der Waals surface area contributed by atoms with Crippen LogP contribution in [0.2, 0.25) is 0 Å². The molecule has 1 fully saturated rings. The van der Waals surface area contributed by atoms with Gasteiger partial charge in [0.2, 0.25) is 0 Å². The predicted octanol–water partition coefficient (Wildman–Crippen LogP) is 2.59. The summed E-state index contributed by atoms with van der Waals surface area (Å²) in [6, 6.07) is 0. The number of nitrogens with one attached hydrogen (secondary N) is 1. The molecule has 96 valence electrons. The van der Waals surface area contributed by atoms with Gasteiger partial charge in [0.1, 0.15) is 0 Å². The second kappa shape index (κ2) is 9.32. The number of hydrogen-bond acceptors (Lipinski definition) is 3. The largest absolute Gasteiger partial charge is 0.316 e. The van der Waals surface area contributed by atoms with E-state index in [4.69, 9.17) is 0 Å². The van der Waals surface area contributed by atoms with Gasteiger partial charge in [0.05, 0.1) is 0 Å². The summed E-state index contributed by atoms with van der Waals surface area (Å²) in [5, 5.41) is 4.50. The minimum atomic E-state index is 0.970. The molecule has 0 atom stereocenters. The van der Waals surface area contributed by atoms with Crippen molar-refractivity contribution in [2.75, 3.05) is 39.5 Å². The van der Waals surface area contributed by atoms with Crippen LogP contribution in [0.5, 0.6) is 0 Å². The third-order valence-corrected chi connectivity index (χ3v) is 4.53. The molecular weight excluding hydrogens is 216 g/mol. The smallest absolute Gasteiger partial charge is 0.00608 e. The van der Waals surface area contributed by atoms with E-state index in [2.05, 4.69) is 36.1 Å². The van der Waals surface area contributed by atoms with Crippen molar-refractivity contribution in [2.24, 2.45) is 0 Å². The van der Waals surface area contributed by atoms with Crippen molar-refractivity contribution in [3.8, 4) is 0 Å². The van der Waals surface area contributed by atoms with E-state index in [0.29, 0.717) is 0 Å². The second-order valence-corrected chi connectivity index (χ2v) is 6.45. The van der Waals surface area contributed by atoms with Crippen LogP contribution in [0.1, 0.15) is 38.5 Å². The van der Waals surface area contributed by atoms with Gasteiger partial charge < -0.3 is 10.2 Å². The molecule has 0 amide bonds. The van der Waals surface area contributed by atoms with Gasteiger partial charge in [0.15, 0.2) is 0 Å². The summed E-state index contributed by atoms with van der Waals surface area (Å²) < 4.78 is 0. The van der Waals surface area contributed by atoms with Crippen LogP contribution in [0.4, 0.5) is 0 Å². The molecule has 0 aromatic heterocycles. The van der Waals surface area contributed by atoms with Crippen molar-refractivity contribution in [2.45, 2.75) is 43.8 Å². The Morgan fingerprint density at radius 3 is 2.56 bits per heavy atom. The fourth-order valence-corrected chi connectivity index (χ4v) is 3.44. The lowest BCUT2D eigenvalue weighted by atomic mass is 10.0. The number of thioether (sulfide) groups is 1. The van der Waals surface area contributed by atoms with Gasteiger partial charge in [0, 0.05) is 17.5 Å². The zero-order valence-electron chi connectivity index (χ0n) is 11.0. The van der Waals surface area contributed by atoms with Crippen LogP contribution in [-0.2, 0) is 0 Å². The van der Waals surface area contributed by atoms with E-state index in [1.165, 1.54) is 63.9 Å². The first-order chi connectivity index (χ1) is 7.79. The van der Waals surface area contributed by atoms with Crippen LogP contribution < -0.4 is 5.32 Å². The van der Waals surface area contributed by atoms with Crippen molar-refractivity contribution >= 4 is 11.8 Å². The number of nitrogens with zero attached hydrogens (tertiary/aromatic N) is 1. The summed E-state index contributed by atoms with van der Waals surface area (Å²) in [4.78, 5) is 2.25. The van der Waals surface area contributed by atoms with E-state index in [0.717, 1.165) is 5.25 Å². The van der Waals surface area contributed by atoms with Crippen molar-refractivity contribution in [3.63, 3.8) is 0 Å². The van der Waals surface area contributed by atoms with Gasteiger partial charge in [-0.3, -0.25) is 0 Å². The Balaban J connectivity index is 1.80. The van der Waals surface area contributed by atoms with E-state index in [9.17, 15) is 0 Å². The molecule has 1 N–H and O–H groups in total. The molecule has 3 heteroatoms. The molecule has 0 spiro atoms. The van der Waals surface area contributed by atoms with Gasteiger partial charge >= 0.3 is 0 Å². The molecular formula is C13H28N2S. The Morgan fingerprint density at radius 1 is 1.12 bits per heavy atom. The number of hydrogen-bond donors (Lipinski definition) is 1. The molecule has 2 nitrogen and oxygen atoms in total. The van der Waals surface area contributed by atoms with Crippen LogP contribution in [0.3, 0.4) is 0 Å². The van der Waals surface area contributed by atoms with Crippen molar-refractivity contribution < 1.29 is 0 Å². The minimum Gasteiger partial charge on any atom is -0.316 e. The monoisotopic (exact) mass is 244 g/mol. The lowest BCUT2D eigenvalue weighted by Gasteiger charge is -2.20. The third kappa shape index (κ3) is 7.53. The lowest BCUT2D eigenvalue weighted by molar-refractivity contribution is 0.395. The normalized spacial score (nSPS) is 18.2. The summed E-state index contributed by atoms with van der Waals surface area (Å²) in [5.41, 5.74) is 0. The van der Waals surface area contributed by atoms with Crippen molar-refractivity contribution in [1.82, 2.24) is 10.2 Å². The van der Waals surface area contributed by atoms with Crippen LogP contribution >= 0.6 is 11.8 Å². The molecule has 0 saturated heterocycles. The van der Waals surface area contributed by atoms with Crippen LogP contribution in [0.15, 0.2) is 0 Å². The van der Waals surface area contributed by atoms with Gasteiger partial charge in [-0.1, -0.05) is 19.3 Å². The average Bonchev–Trinajstić information content (AvgIpc) is 2.29. The summed E-state index contributed by atoms with van der Waals surface area (Å²) in [6.07, 6.45) is 8.60. The number of rotatable bonds is 8. The highest BCUT2D eigenvalue weighted by atomic mass is 32.2. The van der Waals surface area contributed by atoms with Crippen LogP contribution in [0.25, 0.3) is 0 Å². The quantitative estimate of drug-likeness (QED) is 0.661. The first kappa shape index (κ1) is 14.3. The molecule has 1 aliphatic rings. The maximum Gasteiger partial charge on any atom is 0.00608 e. The topological polar surface area (TPSA) is 15.3 Å². The highest BCUT2D eigenvalue weighted by Crippen LogP contribution is 2.27. The maximum absolute atomic E-state index is 3.53. The Bertz CT molecular complexity index is 156. The van der Waals surface area contributed by atoms with Gasteiger partial charge in [0.25, 0.3) is 0 Å². The highest BCUT2D eigenvalue weighted by molar-refractivity contribution is 7.99. The van der Waals surface area contributed by atoms with Crippen molar-refractivity contribution in [1.29, 1.82) is 0 Å². The maximum atomic E-state index is 3.53. The SMILES string of the molecule is CN(C)CCCNCCSC1CCCCC1. The third-order valence-electron chi connectivity index (χ3n) is 3.14. The molecule has 16 heavy (non-hydrogen) atoms. The van der Waals surface area contributed by atoms with E-state index in [1.807, 2.05) is 0 Å². The lowest BCUT2D eigenvalue weighted by Crippen LogP contribution is -2.23. The first-order valence-electron chi connectivity index (χ1n) is 6.76. The molecule has 0 heterocycles. The van der Waals surface area contributed by atoms with E-state index in [-0.39, 0.29) is 0 Å². The predicted molar refractivity (Wildman–Crippen MR) is 75.4 cm³/mol. The Morgan fingerprint density at radius 2 is 1.88 bits per heavy atom. The second-order valence-electron chi connectivity index (χ2n) is 5.04. The van der Waals surface area contributed by atoms with E-state index in [1.54, 1.807) is 0 Å². The van der Waals surface area contributed by atoms with Crippen LogP contribution in [-0.4, -0.2) is 49.6 Å². The fraction of sp³-hybridized carbons (Fsp3) is 1.00. The van der Waals surface area contributed by atoms with Gasteiger partial charge in [-0.05, 0) is 46.4 Å². The zero-order chi connectivity index (χ0) is 11.6. The summed E-state index contributed by atoms with van der Waals surface area (Å²) >= 11 is 2.19. The average molecular weight is 244 g/mol. The molecule has 0 aliphatic heterocycles.